The van der Waals surface area contributed by atoms with Crippen LogP contribution in [0.3, 0.4) is 0 Å². The van der Waals surface area contributed by atoms with Gasteiger partial charge in [0.25, 0.3) is 0 Å². The number of aromatic nitrogens is 2. The lowest BCUT2D eigenvalue weighted by atomic mass is 10.2. The molecule has 19 heavy (non-hydrogen) atoms. The molecule has 100 valence electrons. The molecule has 2 aromatic rings. The molecule has 0 saturated heterocycles. The van der Waals surface area contributed by atoms with Gasteiger partial charge in [-0.15, -0.1) is 0 Å². The standard InChI is InChI=1S/C13H13F2N3S/c1-3-9-12(16-2)17-7-18-13(9)19-11-5-4-8(14)6-10(11)15/h4-7H,3H2,1-2H3,(H,16,17,18). The molecule has 3 nitrogen and oxygen atoms in total. The van der Waals surface area contributed by atoms with E-state index in [1.165, 1.54) is 30.2 Å². The number of halogens is 2. The zero-order chi connectivity index (χ0) is 13.8. The highest BCUT2D eigenvalue weighted by molar-refractivity contribution is 7.99. The molecular weight excluding hydrogens is 268 g/mol. The summed E-state index contributed by atoms with van der Waals surface area (Å²) in [6.45, 7) is 1.98. The first-order valence-corrected chi connectivity index (χ1v) is 6.62. The summed E-state index contributed by atoms with van der Waals surface area (Å²) in [6.07, 6.45) is 2.15. The van der Waals surface area contributed by atoms with E-state index in [2.05, 4.69) is 15.3 Å². The Hall–Kier alpha value is -1.69. The van der Waals surface area contributed by atoms with Crippen molar-refractivity contribution in [1.29, 1.82) is 0 Å². The molecule has 0 bridgehead atoms. The Morgan fingerprint density at radius 3 is 2.68 bits per heavy atom. The molecule has 0 radical (unpaired) electrons. The van der Waals surface area contributed by atoms with Crippen molar-refractivity contribution < 1.29 is 8.78 Å². The fourth-order valence-electron chi connectivity index (χ4n) is 1.68. The smallest absolute Gasteiger partial charge is 0.140 e. The van der Waals surface area contributed by atoms with E-state index in [0.29, 0.717) is 9.92 Å². The molecule has 6 heteroatoms. The van der Waals surface area contributed by atoms with Gasteiger partial charge in [0.05, 0.1) is 0 Å². The summed E-state index contributed by atoms with van der Waals surface area (Å²) in [5.74, 6) is -0.449. The first-order chi connectivity index (χ1) is 9.15. The molecule has 0 spiro atoms. The van der Waals surface area contributed by atoms with Crippen molar-refractivity contribution in [3.05, 3.63) is 41.7 Å². The SMILES string of the molecule is CCc1c(NC)ncnc1Sc1ccc(F)cc1F. The molecular formula is C13H13F2N3S. The molecule has 0 aliphatic rings. The Kier molecular flexibility index (Phi) is 4.31. The van der Waals surface area contributed by atoms with Crippen molar-refractivity contribution in [1.82, 2.24) is 9.97 Å². The van der Waals surface area contributed by atoms with E-state index >= 15 is 0 Å². The average Bonchev–Trinajstić information content (AvgIpc) is 2.41. The molecule has 0 aliphatic heterocycles. The topological polar surface area (TPSA) is 37.8 Å². The highest BCUT2D eigenvalue weighted by atomic mass is 32.2. The van der Waals surface area contributed by atoms with E-state index in [1.807, 2.05) is 6.92 Å². The summed E-state index contributed by atoms with van der Waals surface area (Å²) in [5.41, 5.74) is 0.915. The Balaban J connectivity index is 2.37. The van der Waals surface area contributed by atoms with Gasteiger partial charge >= 0.3 is 0 Å². The molecule has 0 atom stereocenters. The van der Waals surface area contributed by atoms with Crippen LogP contribution in [0.15, 0.2) is 34.4 Å². The van der Waals surface area contributed by atoms with Gasteiger partial charge in [0.1, 0.15) is 28.8 Å². The molecule has 1 aromatic heterocycles. The summed E-state index contributed by atoms with van der Waals surface area (Å²) in [4.78, 5) is 8.63. The minimum absolute atomic E-state index is 0.344. The summed E-state index contributed by atoms with van der Waals surface area (Å²) in [6, 6.07) is 3.52. The lowest BCUT2D eigenvalue weighted by Gasteiger charge is -2.10. The van der Waals surface area contributed by atoms with Crippen molar-refractivity contribution in [2.75, 3.05) is 12.4 Å². The number of rotatable bonds is 4. The first-order valence-electron chi connectivity index (χ1n) is 5.80. The van der Waals surface area contributed by atoms with E-state index in [1.54, 1.807) is 7.05 Å². The van der Waals surface area contributed by atoms with Gasteiger partial charge in [0.2, 0.25) is 0 Å². The van der Waals surface area contributed by atoms with Crippen LogP contribution in [0.5, 0.6) is 0 Å². The Labute approximate surface area is 114 Å². The van der Waals surface area contributed by atoms with Gasteiger partial charge in [0, 0.05) is 23.6 Å². The number of benzene rings is 1. The van der Waals surface area contributed by atoms with Crippen LogP contribution >= 0.6 is 11.8 Å². The molecule has 0 amide bonds. The Morgan fingerprint density at radius 2 is 2.05 bits per heavy atom. The predicted octanol–water partition coefficient (Wildman–Crippen LogP) is 3.51. The van der Waals surface area contributed by atoms with Gasteiger partial charge in [-0.05, 0) is 18.6 Å². The van der Waals surface area contributed by atoms with Gasteiger partial charge in [-0.1, -0.05) is 18.7 Å². The maximum Gasteiger partial charge on any atom is 0.140 e. The van der Waals surface area contributed by atoms with E-state index in [9.17, 15) is 8.78 Å². The molecule has 0 saturated carbocycles. The zero-order valence-electron chi connectivity index (χ0n) is 10.6. The number of nitrogens with one attached hydrogen (secondary N) is 1. The second-order valence-corrected chi connectivity index (χ2v) is 4.82. The van der Waals surface area contributed by atoms with Crippen LogP contribution in [-0.4, -0.2) is 17.0 Å². The molecule has 1 heterocycles. The normalized spacial score (nSPS) is 10.5. The average molecular weight is 281 g/mol. The van der Waals surface area contributed by atoms with Crippen LogP contribution in [0.1, 0.15) is 12.5 Å². The minimum atomic E-state index is -0.587. The summed E-state index contributed by atoms with van der Waals surface area (Å²) in [5, 5.41) is 3.65. The van der Waals surface area contributed by atoms with Crippen molar-refractivity contribution >= 4 is 17.6 Å². The fraction of sp³-hybridized carbons (Fsp3) is 0.231. The third-order valence-corrected chi connectivity index (χ3v) is 3.69. The third kappa shape index (κ3) is 3.01. The lowest BCUT2D eigenvalue weighted by Crippen LogP contribution is -2.01. The third-order valence-electron chi connectivity index (χ3n) is 2.60. The van der Waals surface area contributed by atoms with Crippen LogP contribution < -0.4 is 5.32 Å². The predicted molar refractivity (Wildman–Crippen MR) is 71.4 cm³/mol. The van der Waals surface area contributed by atoms with Crippen molar-refractivity contribution in [3.63, 3.8) is 0 Å². The molecule has 1 aromatic carbocycles. The second-order valence-electron chi connectivity index (χ2n) is 3.79. The van der Waals surface area contributed by atoms with Gasteiger partial charge in [0.15, 0.2) is 0 Å². The second kappa shape index (κ2) is 5.97. The maximum absolute atomic E-state index is 13.6. The van der Waals surface area contributed by atoms with Gasteiger partial charge in [-0.2, -0.15) is 0 Å². The number of hydrogen-bond acceptors (Lipinski definition) is 4. The molecule has 0 aliphatic carbocycles. The summed E-state index contributed by atoms with van der Waals surface area (Å²) >= 11 is 1.17. The van der Waals surface area contributed by atoms with E-state index in [4.69, 9.17) is 0 Å². The van der Waals surface area contributed by atoms with Crippen molar-refractivity contribution in [2.45, 2.75) is 23.3 Å². The lowest BCUT2D eigenvalue weighted by molar-refractivity contribution is 0.565. The minimum Gasteiger partial charge on any atom is -0.373 e. The highest BCUT2D eigenvalue weighted by Gasteiger charge is 2.12. The van der Waals surface area contributed by atoms with Crippen molar-refractivity contribution in [2.24, 2.45) is 0 Å². The number of anilines is 1. The van der Waals surface area contributed by atoms with Crippen LogP contribution in [0.25, 0.3) is 0 Å². The Morgan fingerprint density at radius 1 is 1.26 bits per heavy atom. The van der Waals surface area contributed by atoms with Gasteiger partial charge < -0.3 is 5.32 Å². The van der Waals surface area contributed by atoms with E-state index in [-0.39, 0.29) is 0 Å². The van der Waals surface area contributed by atoms with Gasteiger partial charge in [-0.25, -0.2) is 18.7 Å². The Bertz CT molecular complexity index is 590. The van der Waals surface area contributed by atoms with E-state index in [0.717, 1.165) is 23.9 Å². The number of hydrogen-bond donors (Lipinski definition) is 1. The zero-order valence-corrected chi connectivity index (χ0v) is 11.4. The quantitative estimate of drug-likeness (QED) is 0.870. The van der Waals surface area contributed by atoms with Crippen LogP contribution in [0, 0.1) is 11.6 Å². The van der Waals surface area contributed by atoms with Gasteiger partial charge in [-0.3, -0.25) is 0 Å². The first kappa shape index (κ1) is 13.7. The van der Waals surface area contributed by atoms with Crippen LogP contribution in [0.2, 0.25) is 0 Å². The summed E-state index contributed by atoms with van der Waals surface area (Å²) in [7, 11) is 1.77. The molecule has 0 unspecified atom stereocenters. The van der Waals surface area contributed by atoms with E-state index < -0.39 is 11.6 Å². The largest absolute Gasteiger partial charge is 0.373 e. The molecule has 2 rings (SSSR count). The summed E-state index contributed by atoms with van der Waals surface area (Å²) < 4.78 is 26.5. The van der Waals surface area contributed by atoms with Crippen LogP contribution in [0.4, 0.5) is 14.6 Å². The monoisotopic (exact) mass is 281 g/mol. The highest BCUT2D eigenvalue weighted by Crippen LogP contribution is 2.33. The maximum atomic E-state index is 13.6. The van der Waals surface area contributed by atoms with Crippen molar-refractivity contribution in [3.8, 4) is 0 Å². The fourth-order valence-corrected chi connectivity index (χ4v) is 2.65. The molecule has 1 N–H and O–H groups in total. The number of nitrogens with zero attached hydrogens (tertiary/aromatic N) is 2. The van der Waals surface area contributed by atoms with Crippen LogP contribution in [-0.2, 0) is 6.42 Å². The molecule has 0 fully saturated rings.